The van der Waals surface area contributed by atoms with E-state index in [1.807, 2.05) is 6.92 Å². The third kappa shape index (κ3) is 2.65. The molecule has 1 saturated heterocycles. The van der Waals surface area contributed by atoms with Crippen LogP contribution in [0.1, 0.15) is 32.6 Å². The molecule has 2 fully saturated rings. The summed E-state index contributed by atoms with van der Waals surface area (Å²) in [5.74, 6) is 0. The molecule has 2 rings (SSSR count). The van der Waals surface area contributed by atoms with Gasteiger partial charge in [0.05, 0.1) is 18.0 Å². The van der Waals surface area contributed by atoms with Crippen LogP contribution in [0.3, 0.4) is 0 Å². The monoisotopic (exact) mass is 262 g/mol. The Morgan fingerprint density at radius 1 is 1.35 bits per heavy atom. The molecule has 1 saturated carbocycles. The Labute approximate surface area is 103 Å². The highest BCUT2D eigenvalue weighted by Gasteiger charge is 2.39. The van der Waals surface area contributed by atoms with Gasteiger partial charge in [0, 0.05) is 19.1 Å². The van der Waals surface area contributed by atoms with E-state index in [-0.39, 0.29) is 17.4 Å². The third-order valence-corrected chi connectivity index (χ3v) is 6.24. The molecule has 2 N–H and O–H groups in total. The van der Waals surface area contributed by atoms with Crippen molar-refractivity contribution < 1.29 is 13.2 Å². The van der Waals surface area contributed by atoms with E-state index in [4.69, 9.17) is 10.5 Å². The first-order valence-corrected chi connectivity index (χ1v) is 7.88. The van der Waals surface area contributed by atoms with Crippen molar-refractivity contribution in [1.29, 1.82) is 0 Å². The maximum absolute atomic E-state index is 12.5. The van der Waals surface area contributed by atoms with E-state index in [0.29, 0.717) is 19.7 Å². The number of ether oxygens (including phenoxy) is 1. The minimum Gasteiger partial charge on any atom is -0.374 e. The lowest BCUT2D eigenvalue weighted by Gasteiger charge is -2.38. The fourth-order valence-corrected chi connectivity index (χ4v) is 4.92. The molecule has 1 aliphatic heterocycles. The highest BCUT2D eigenvalue weighted by atomic mass is 32.2. The number of rotatable bonds is 3. The summed E-state index contributed by atoms with van der Waals surface area (Å²) in [6.45, 7) is 3.15. The summed E-state index contributed by atoms with van der Waals surface area (Å²) in [5, 5.41) is -0.179. The SMILES string of the molecule is CC1COC(CN)CN1S(=O)(=O)C1CCCC1. The molecule has 100 valence electrons. The average Bonchev–Trinajstić information content (AvgIpc) is 2.83. The van der Waals surface area contributed by atoms with Crippen molar-refractivity contribution >= 4 is 10.0 Å². The van der Waals surface area contributed by atoms with Gasteiger partial charge in [0.25, 0.3) is 0 Å². The van der Waals surface area contributed by atoms with Gasteiger partial charge in [-0.1, -0.05) is 12.8 Å². The molecule has 2 unspecified atom stereocenters. The van der Waals surface area contributed by atoms with E-state index in [0.717, 1.165) is 25.7 Å². The van der Waals surface area contributed by atoms with Crippen LogP contribution < -0.4 is 5.73 Å². The topological polar surface area (TPSA) is 72.6 Å². The third-order valence-electron chi connectivity index (χ3n) is 3.76. The zero-order chi connectivity index (χ0) is 12.5. The summed E-state index contributed by atoms with van der Waals surface area (Å²) in [7, 11) is -3.16. The van der Waals surface area contributed by atoms with Gasteiger partial charge in [-0.2, -0.15) is 4.31 Å². The molecule has 17 heavy (non-hydrogen) atoms. The van der Waals surface area contributed by atoms with E-state index in [1.54, 1.807) is 4.31 Å². The minimum absolute atomic E-state index is 0.0663. The normalized spacial score (nSPS) is 33.1. The molecule has 5 nitrogen and oxygen atoms in total. The number of hydrogen-bond acceptors (Lipinski definition) is 4. The van der Waals surface area contributed by atoms with Crippen LogP contribution in [0.2, 0.25) is 0 Å². The van der Waals surface area contributed by atoms with E-state index in [9.17, 15) is 8.42 Å². The van der Waals surface area contributed by atoms with E-state index < -0.39 is 10.0 Å². The lowest BCUT2D eigenvalue weighted by Crippen LogP contribution is -2.54. The quantitative estimate of drug-likeness (QED) is 0.794. The first-order valence-electron chi connectivity index (χ1n) is 6.38. The molecule has 2 atom stereocenters. The minimum atomic E-state index is -3.16. The fraction of sp³-hybridized carbons (Fsp3) is 1.00. The van der Waals surface area contributed by atoms with Crippen LogP contribution in [-0.2, 0) is 14.8 Å². The highest BCUT2D eigenvalue weighted by molar-refractivity contribution is 7.89. The molecule has 0 bridgehead atoms. The van der Waals surface area contributed by atoms with Gasteiger partial charge in [0.2, 0.25) is 10.0 Å². The summed E-state index contributed by atoms with van der Waals surface area (Å²) in [6.07, 6.45) is 3.52. The number of sulfonamides is 1. The largest absolute Gasteiger partial charge is 0.374 e. The molecule has 0 aromatic carbocycles. The van der Waals surface area contributed by atoms with Gasteiger partial charge in [-0.15, -0.1) is 0 Å². The number of nitrogens with two attached hydrogens (primary N) is 1. The molecular weight excluding hydrogens is 240 g/mol. The maximum atomic E-state index is 12.5. The van der Waals surface area contributed by atoms with Gasteiger partial charge >= 0.3 is 0 Å². The lowest BCUT2D eigenvalue weighted by atomic mass is 10.2. The molecule has 1 aliphatic carbocycles. The Morgan fingerprint density at radius 2 is 2.00 bits per heavy atom. The van der Waals surface area contributed by atoms with Crippen LogP contribution in [-0.4, -0.2) is 49.8 Å². The van der Waals surface area contributed by atoms with E-state index in [1.165, 1.54) is 0 Å². The van der Waals surface area contributed by atoms with Crippen molar-refractivity contribution in [3.63, 3.8) is 0 Å². The van der Waals surface area contributed by atoms with Crippen molar-refractivity contribution in [3.8, 4) is 0 Å². The number of morpholine rings is 1. The lowest BCUT2D eigenvalue weighted by molar-refractivity contribution is -0.0222. The Kier molecular flexibility index (Phi) is 4.07. The van der Waals surface area contributed by atoms with E-state index >= 15 is 0 Å². The van der Waals surface area contributed by atoms with Crippen molar-refractivity contribution in [3.05, 3.63) is 0 Å². The van der Waals surface area contributed by atoms with Gasteiger partial charge in [-0.3, -0.25) is 0 Å². The number of hydrogen-bond donors (Lipinski definition) is 1. The Hall–Kier alpha value is -0.170. The highest BCUT2D eigenvalue weighted by Crippen LogP contribution is 2.29. The van der Waals surface area contributed by atoms with Gasteiger partial charge in [-0.05, 0) is 19.8 Å². The predicted octanol–water partition coefficient (Wildman–Crippen LogP) is 0.307. The van der Waals surface area contributed by atoms with Crippen LogP contribution in [0, 0.1) is 0 Å². The van der Waals surface area contributed by atoms with Gasteiger partial charge in [-0.25, -0.2) is 8.42 Å². The molecular formula is C11H22N2O3S. The Morgan fingerprint density at radius 3 is 2.59 bits per heavy atom. The summed E-state index contributed by atoms with van der Waals surface area (Å²) in [5.41, 5.74) is 5.56. The maximum Gasteiger partial charge on any atom is 0.217 e. The fourth-order valence-electron chi connectivity index (χ4n) is 2.67. The first kappa shape index (κ1) is 13.3. The van der Waals surface area contributed by atoms with Crippen molar-refractivity contribution in [1.82, 2.24) is 4.31 Å². The molecule has 0 aromatic rings. The molecule has 0 spiro atoms. The van der Waals surface area contributed by atoms with Gasteiger partial charge in [0.1, 0.15) is 0 Å². The summed E-state index contributed by atoms with van der Waals surface area (Å²) in [6, 6.07) is -0.0663. The van der Waals surface area contributed by atoms with Crippen LogP contribution in [0.4, 0.5) is 0 Å². The van der Waals surface area contributed by atoms with Gasteiger partial charge in [0.15, 0.2) is 0 Å². The summed E-state index contributed by atoms with van der Waals surface area (Å²) >= 11 is 0. The Bertz CT molecular complexity index is 352. The second-order valence-electron chi connectivity index (χ2n) is 5.06. The van der Waals surface area contributed by atoms with Crippen molar-refractivity contribution in [2.45, 2.75) is 50.0 Å². The predicted molar refractivity (Wildman–Crippen MR) is 66.1 cm³/mol. The zero-order valence-electron chi connectivity index (χ0n) is 10.3. The first-order chi connectivity index (χ1) is 8.05. The van der Waals surface area contributed by atoms with Gasteiger partial charge < -0.3 is 10.5 Å². The van der Waals surface area contributed by atoms with Crippen molar-refractivity contribution in [2.24, 2.45) is 5.73 Å². The number of nitrogens with zero attached hydrogens (tertiary/aromatic N) is 1. The molecule has 6 heteroatoms. The van der Waals surface area contributed by atoms with E-state index in [2.05, 4.69) is 0 Å². The second kappa shape index (κ2) is 5.22. The van der Waals surface area contributed by atoms with Crippen LogP contribution in [0.25, 0.3) is 0 Å². The molecule has 0 radical (unpaired) electrons. The smallest absolute Gasteiger partial charge is 0.217 e. The molecule has 0 aromatic heterocycles. The second-order valence-corrected chi connectivity index (χ2v) is 7.23. The molecule has 1 heterocycles. The Balaban J connectivity index is 2.12. The average molecular weight is 262 g/mol. The summed E-state index contributed by atoms with van der Waals surface area (Å²) in [4.78, 5) is 0. The standard InChI is InChI=1S/C11H22N2O3S/c1-9-8-16-10(6-12)7-13(9)17(14,15)11-4-2-3-5-11/h9-11H,2-8,12H2,1H3. The zero-order valence-corrected chi connectivity index (χ0v) is 11.2. The van der Waals surface area contributed by atoms with Crippen LogP contribution in [0.5, 0.6) is 0 Å². The van der Waals surface area contributed by atoms with Crippen LogP contribution in [0.15, 0.2) is 0 Å². The molecule has 0 amide bonds. The molecule has 2 aliphatic rings. The summed E-state index contributed by atoms with van der Waals surface area (Å²) < 4.78 is 32.1. The van der Waals surface area contributed by atoms with Crippen LogP contribution >= 0.6 is 0 Å². The van der Waals surface area contributed by atoms with Crippen molar-refractivity contribution in [2.75, 3.05) is 19.7 Å².